The van der Waals surface area contributed by atoms with Crippen LogP contribution >= 0.6 is 0 Å². The first-order valence-corrected chi connectivity index (χ1v) is 9.05. The fourth-order valence-corrected chi connectivity index (χ4v) is 3.71. The molecular formula is C19H26FN3O2. The van der Waals surface area contributed by atoms with Gasteiger partial charge in [0.25, 0.3) is 0 Å². The fourth-order valence-electron chi connectivity index (χ4n) is 3.71. The SMILES string of the molecule is CN1C[C@H](NC(=O)N2CCC(Cc3ccccc3F)CC2)CCC1=O. The van der Waals surface area contributed by atoms with E-state index in [1.54, 1.807) is 18.0 Å². The summed E-state index contributed by atoms with van der Waals surface area (Å²) in [5.41, 5.74) is 0.764. The zero-order valence-corrected chi connectivity index (χ0v) is 14.7. The van der Waals surface area contributed by atoms with Gasteiger partial charge < -0.3 is 15.1 Å². The van der Waals surface area contributed by atoms with Crippen LogP contribution in [0.4, 0.5) is 9.18 Å². The zero-order chi connectivity index (χ0) is 17.8. The van der Waals surface area contributed by atoms with E-state index >= 15 is 0 Å². The third kappa shape index (κ3) is 4.50. The number of hydrogen-bond donors (Lipinski definition) is 1. The van der Waals surface area contributed by atoms with Crippen LogP contribution in [0.15, 0.2) is 24.3 Å². The van der Waals surface area contributed by atoms with Gasteiger partial charge in [0, 0.05) is 39.1 Å². The van der Waals surface area contributed by atoms with Crippen molar-refractivity contribution in [1.29, 1.82) is 0 Å². The second-order valence-electron chi connectivity index (χ2n) is 7.19. The first-order valence-electron chi connectivity index (χ1n) is 9.05. The van der Waals surface area contributed by atoms with Crippen molar-refractivity contribution in [1.82, 2.24) is 15.1 Å². The Labute approximate surface area is 148 Å². The number of likely N-dealkylation sites (N-methyl/N-ethyl adjacent to an activating group) is 1. The number of amides is 3. The average Bonchev–Trinajstić information content (AvgIpc) is 2.61. The summed E-state index contributed by atoms with van der Waals surface area (Å²) in [6, 6.07) is 6.91. The highest BCUT2D eigenvalue weighted by Gasteiger charge is 2.28. The Morgan fingerprint density at radius 3 is 2.64 bits per heavy atom. The smallest absolute Gasteiger partial charge is 0.317 e. The van der Waals surface area contributed by atoms with Crippen LogP contribution in [0.3, 0.4) is 0 Å². The quantitative estimate of drug-likeness (QED) is 0.913. The van der Waals surface area contributed by atoms with Crippen molar-refractivity contribution < 1.29 is 14.0 Å². The summed E-state index contributed by atoms with van der Waals surface area (Å²) in [6.07, 6.45) is 3.72. The molecule has 0 radical (unpaired) electrons. The van der Waals surface area contributed by atoms with E-state index in [4.69, 9.17) is 0 Å². The highest BCUT2D eigenvalue weighted by atomic mass is 19.1. The molecule has 2 heterocycles. The van der Waals surface area contributed by atoms with Crippen molar-refractivity contribution in [3.8, 4) is 0 Å². The van der Waals surface area contributed by atoms with Gasteiger partial charge in [0.1, 0.15) is 5.82 Å². The normalized spacial score (nSPS) is 22.2. The van der Waals surface area contributed by atoms with Crippen molar-refractivity contribution >= 4 is 11.9 Å². The van der Waals surface area contributed by atoms with Crippen LogP contribution in [0.25, 0.3) is 0 Å². The number of rotatable bonds is 3. The summed E-state index contributed by atoms with van der Waals surface area (Å²) in [7, 11) is 1.77. The van der Waals surface area contributed by atoms with E-state index in [9.17, 15) is 14.0 Å². The number of nitrogens with zero attached hydrogens (tertiary/aromatic N) is 2. The highest BCUT2D eigenvalue weighted by molar-refractivity contribution is 5.78. The van der Waals surface area contributed by atoms with Crippen LogP contribution in [0.2, 0.25) is 0 Å². The van der Waals surface area contributed by atoms with Gasteiger partial charge in [0.15, 0.2) is 0 Å². The minimum Gasteiger partial charge on any atom is -0.344 e. The van der Waals surface area contributed by atoms with Crippen molar-refractivity contribution in [2.45, 2.75) is 38.1 Å². The molecule has 3 rings (SSSR count). The van der Waals surface area contributed by atoms with Crippen molar-refractivity contribution in [3.63, 3.8) is 0 Å². The molecule has 0 bridgehead atoms. The molecule has 0 aliphatic carbocycles. The van der Waals surface area contributed by atoms with Crippen LogP contribution in [0, 0.1) is 11.7 Å². The molecule has 25 heavy (non-hydrogen) atoms. The number of hydrogen-bond acceptors (Lipinski definition) is 2. The predicted octanol–water partition coefficient (Wildman–Crippen LogP) is 2.41. The number of likely N-dealkylation sites (tertiary alicyclic amines) is 2. The Morgan fingerprint density at radius 2 is 1.96 bits per heavy atom. The van der Waals surface area contributed by atoms with Crippen LogP contribution in [-0.2, 0) is 11.2 Å². The molecule has 1 aromatic carbocycles. The van der Waals surface area contributed by atoms with E-state index in [1.807, 2.05) is 17.0 Å². The molecule has 2 fully saturated rings. The molecule has 0 saturated carbocycles. The molecule has 2 saturated heterocycles. The molecule has 6 heteroatoms. The molecule has 0 spiro atoms. The fraction of sp³-hybridized carbons (Fsp3) is 0.579. The number of nitrogens with one attached hydrogen (secondary N) is 1. The van der Waals surface area contributed by atoms with Crippen molar-refractivity contribution in [2.24, 2.45) is 5.92 Å². The lowest BCUT2D eigenvalue weighted by molar-refractivity contribution is -0.132. The molecule has 136 valence electrons. The molecule has 1 aromatic rings. The van der Waals surface area contributed by atoms with Crippen LogP contribution < -0.4 is 5.32 Å². The van der Waals surface area contributed by atoms with Crippen LogP contribution in [0.1, 0.15) is 31.2 Å². The summed E-state index contributed by atoms with van der Waals surface area (Å²) in [4.78, 5) is 27.5. The standard InChI is InChI=1S/C19H26FN3O2/c1-22-13-16(6-7-18(22)24)21-19(25)23-10-8-14(9-11-23)12-15-4-2-3-5-17(15)20/h2-5,14,16H,6-13H2,1H3,(H,21,25)/t16-/m1/s1. The molecule has 0 unspecified atom stereocenters. The predicted molar refractivity (Wildman–Crippen MR) is 93.6 cm³/mol. The van der Waals surface area contributed by atoms with E-state index in [0.717, 1.165) is 24.8 Å². The van der Waals surface area contributed by atoms with Gasteiger partial charge in [-0.25, -0.2) is 9.18 Å². The Hall–Kier alpha value is -2.11. The lowest BCUT2D eigenvalue weighted by atomic mass is 9.90. The Morgan fingerprint density at radius 1 is 1.24 bits per heavy atom. The van der Waals surface area contributed by atoms with Gasteiger partial charge in [-0.15, -0.1) is 0 Å². The van der Waals surface area contributed by atoms with Crippen molar-refractivity contribution in [3.05, 3.63) is 35.6 Å². The molecule has 5 nitrogen and oxygen atoms in total. The van der Waals surface area contributed by atoms with Crippen LogP contribution in [0.5, 0.6) is 0 Å². The first-order chi connectivity index (χ1) is 12.0. The van der Waals surface area contributed by atoms with Crippen molar-refractivity contribution in [2.75, 3.05) is 26.7 Å². The number of carbonyl (C=O) groups excluding carboxylic acids is 2. The maximum Gasteiger partial charge on any atom is 0.317 e. The summed E-state index contributed by atoms with van der Waals surface area (Å²) >= 11 is 0. The molecule has 1 N–H and O–H groups in total. The maximum absolute atomic E-state index is 13.8. The topological polar surface area (TPSA) is 52.7 Å². The maximum atomic E-state index is 13.8. The van der Waals surface area contributed by atoms with Crippen LogP contribution in [-0.4, -0.2) is 54.5 Å². The molecule has 2 aliphatic heterocycles. The lowest BCUT2D eigenvalue weighted by Gasteiger charge is -2.35. The molecule has 3 amide bonds. The van der Waals surface area contributed by atoms with E-state index < -0.39 is 0 Å². The monoisotopic (exact) mass is 347 g/mol. The van der Waals surface area contributed by atoms with Gasteiger partial charge in [-0.3, -0.25) is 4.79 Å². The number of halogens is 1. The number of piperidine rings is 2. The molecule has 2 aliphatic rings. The Balaban J connectivity index is 1.45. The van der Waals surface area contributed by atoms with E-state index in [2.05, 4.69) is 5.32 Å². The minimum atomic E-state index is -0.140. The second-order valence-corrected chi connectivity index (χ2v) is 7.19. The second kappa shape index (κ2) is 7.85. The molecule has 0 aromatic heterocycles. The summed E-state index contributed by atoms with van der Waals surface area (Å²) in [6.45, 7) is 1.98. The van der Waals surface area contributed by atoms with Gasteiger partial charge in [0.05, 0.1) is 0 Å². The Kier molecular flexibility index (Phi) is 5.56. The summed E-state index contributed by atoms with van der Waals surface area (Å²) in [5, 5.41) is 3.05. The van der Waals surface area contributed by atoms with Gasteiger partial charge in [0.2, 0.25) is 5.91 Å². The Bertz CT molecular complexity index is 629. The number of urea groups is 1. The zero-order valence-electron chi connectivity index (χ0n) is 14.7. The first kappa shape index (κ1) is 17.7. The van der Waals surface area contributed by atoms with Gasteiger partial charge in [-0.2, -0.15) is 0 Å². The summed E-state index contributed by atoms with van der Waals surface area (Å²) < 4.78 is 13.8. The molecular weight excluding hydrogens is 321 g/mol. The average molecular weight is 347 g/mol. The van der Waals surface area contributed by atoms with Gasteiger partial charge >= 0.3 is 6.03 Å². The van der Waals surface area contributed by atoms with Gasteiger partial charge in [-0.05, 0) is 43.2 Å². The lowest BCUT2D eigenvalue weighted by Crippen LogP contribution is -2.53. The number of benzene rings is 1. The third-order valence-corrected chi connectivity index (χ3v) is 5.32. The van der Waals surface area contributed by atoms with Gasteiger partial charge in [-0.1, -0.05) is 18.2 Å². The van der Waals surface area contributed by atoms with E-state index in [1.165, 1.54) is 6.07 Å². The van der Waals surface area contributed by atoms with E-state index in [0.29, 0.717) is 38.4 Å². The number of carbonyl (C=O) groups is 2. The third-order valence-electron chi connectivity index (χ3n) is 5.32. The highest BCUT2D eigenvalue weighted by Crippen LogP contribution is 2.23. The minimum absolute atomic E-state index is 0.0336. The largest absolute Gasteiger partial charge is 0.344 e. The van der Waals surface area contributed by atoms with E-state index in [-0.39, 0.29) is 23.8 Å². The summed E-state index contributed by atoms with van der Waals surface area (Å²) in [5.74, 6) is 0.414. The molecule has 1 atom stereocenters.